The second-order valence-electron chi connectivity index (χ2n) is 6.47. The Hall–Kier alpha value is -2.29. The average Bonchev–Trinajstić information content (AvgIpc) is 2.89. The molecule has 0 aliphatic carbocycles. The van der Waals surface area contributed by atoms with Gasteiger partial charge in [0.25, 0.3) is 0 Å². The zero-order valence-corrected chi connectivity index (χ0v) is 14.3. The zero-order chi connectivity index (χ0) is 16.8. The first-order valence-corrected chi connectivity index (χ1v) is 8.72. The third-order valence-corrected chi connectivity index (χ3v) is 4.81. The summed E-state index contributed by atoms with van der Waals surface area (Å²) < 4.78 is 5.24. The molecule has 1 unspecified atom stereocenters. The maximum absolute atomic E-state index is 12.7. The van der Waals surface area contributed by atoms with E-state index in [1.54, 1.807) is 7.11 Å². The summed E-state index contributed by atoms with van der Waals surface area (Å²) >= 11 is 0. The Kier molecular flexibility index (Phi) is 5.52. The van der Waals surface area contributed by atoms with Gasteiger partial charge < -0.3 is 9.64 Å². The molecule has 126 valence electrons. The lowest BCUT2D eigenvalue weighted by molar-refractivity contribution is -0.130. The predicted molar refractivity (Wildman–Crippen MR) is 96.3 cm³/mol. The molecule has 24 heavy (non-hydrogen) atoms. The van der Waals surface area contributed by atoms with Crippen molar-refractivity contribution >= 4 is 5.91 Å². The first kappa shape index (κ1) is 16.6. The van der Waals surface area contributed by atoms with Crippen LogP contribution in [0.4, 0.5) is 0 Å². The van der Waals surface area contributed by atoms with Gasteiger partial charge in [0.15, 0.2) is 0 Å². The molecule has 1 atom stereocenters. The minimum absolute atomic E-state index is 0.238. The summed E-state index contributed by atoms with van der Waals surface area (Å²) in [6.07, 6.45) is 3.90. The van der Waals surface area contributed by atoms with E-state index in [4.69, 9.17) is 4.74 Å². The van der Waals surface area contributed by atoms with Crippen molar-refractivity contribution < 1.29 is 9.53 Å². The molecule has 0 radical (unpaired) electrons. The van der Waals surface area contributed by atoms with E-state index >= 15 is 0 Å². The van der Waals surface area contributed by atoms with Gasteiger partial charge in [-0.1, -0.05) is 48.9 Å². The van der Waals surface area contributed by atoms with Crippen LogP contribution >= 0.6 is 0 Å². The predicted octanol–water partition coefficient (Wildman–Crippen LogP) is 4.03. The van der Waals surface area contributed by atoms with Crippen LogP contribution in [0.15, 0.2) is 54.6 Å². The molecule has 1 aliphatic rings. The molecule has 0 spiro atoms. The number of rotatable bonds is 4. The summed E-state index contributed by atoms with van der Waals surface area (Å²) in [6.45, 7) is 1.69. The van der Waals surface area contributed by atoms with Gasteiger partial charge in [0, 0.05) is 19.0 Å². The Bertz CT molecular complexity index is 651. The van der Waals surface area contributed by atoms with Gasteiger partial charge in [-0.05, 0) is 36.1 Å². The van der Waals surface area contributed by atoms with Crippen LogP contribution in [-0.4, -0.2) is 31.0 Å². The van der Waals surface area contributed by atoms with Crippen molar-refractivity contribution in [1.82, 2.24) is 4.90 Å². The van der Waals surface area contributed by atoms with Gasteiger partial charge in [-0.15, -0.1) is 0 Å². The van der Waals surface area contributed by atoms with Crippen LogP contribution in [-0.2, 0) is 11.2 Å². The van der Waals surface area contributed by atoms with Crippen LogP contribution < -0.4 is 4.74 Å². The zero-order valence-electron chi connectivity index (χ0n) is 14.3. The minimum Gasteiger partial charge on any atom is -0.497 e. The Morgan fingerprint density at radius 2 is 1.83 bits per heavy atom. The molecule has 3 nitrogen and oxygen atoms in total. The van der Waals surface area contributed by atoms with Crippen molar-refractivity contribution in [3.8, 4) is 5.75 Å². The highest BCUT2D eigenvalue weighted by Gasteiger charge is 2.23. The standard InChI is InChI=1S/C21H25NO2/c1-24-20-12-10-18(11-13-20)19-9-5-6-14-22(16-19)21(23)15-17-7-3-2-4-8-17/h2-4,7-8,10-13,19H,5-6,9,14-16H2,1H3. The third kappa shape index (κ3) is 4.16. The van der Waals surface area contributed by atoms with E-state index in [-0.39, 0.29) is 5.91 Å². The van der Waals surface area contributed by atoms with Crippen molar-refractivity contribution in [3.63, 3.8) is 0 Å². The van der Waals surface area contributed by atoms with Gasteiger partial charge in [0.05, 0.1) is 13.5 Å². The summed E-state index contributed by atoms with van der Waals surface area (Å²) in [5.74, 6) is 1.53. The summed E-state index contributed by atoms with van der Waals surface area (Å²) in [4.78, 5) is 14.8. The number of nitrogens with zero attached hydrogens (tertiary/aromatic N) is 1. The molecule has 1 amide bonds. The highest BCUT2D eigenvalue weighted by molar-refractivity contribution is 5.78. The first-order chi connectivity index (χ1) is 11.8. The lowest BCUT2D eigenvalue weighted by Crippen LogP contribution is -2.35. The molecule has 1 fully saturated rings. The highest BCUT2D eigenvalue weighted by Crippen LogP contribution is 2.28. The van der Waals surface area contributed by atoms with Crippen LogP contribution in [0.5, 0.6) is 5.75 Å². The number of benzene rings is 2. The minimum atomic E-state index is 0.238. The fourth-order valence-corrected chi connectivity index (χ4v) is 3.40. The van der Waals surface area contributed by atoms with Crippen molar-refractivity contribution in [3.05, 3.63) is 65.7 Å². The summed E-state index contributed by atoms with van der Waals surface area (Å²) in [5, 5.41) is 0. The maximum Gasteiger partial charge on any atom is 0.227 e. The van der Waals surface area contributed by atoms with E-state index < -0.39 is 0 Å². The van der Waals surface area contributed by atoms with E-state index in [9.17, 15) is 4.79 Å². The Labute approximate surface area is 144 Å². The van der Waals surface area contributed by atoms with Gasteiger partial charge in [-0.25, -0.2) is 0 Å². The van der Waals surface area contributed by atoms with E-state index in [2.05, 4.69) is 17.0 Å². The van der Waals surface area contributed by atoms with Crippen molar-refractivity contribution in [1.29, 1.82) is 0 Å². The topological polar surface area (TPSA) is 29.5 Å². The lowest BCUT2D eigenvalue weighted by atomic mass is 9.94. The molecule has 0 bridgehead atoms. The van der Waals surface area contributed by atoms with Crippen LogP contribution in [0.2, 0.25) is 0 Å². The fraction of sp³-hybridized carbons (Fsp3) is 0.381. The smallest absolute Gasteiger partial charge is 0.227 e. The number of hydrogen-bond acceptors (Lipinski definition) is 2. The number of carbonyl (C=O) groups is 1. The fourth-order valence-electron chi connectivity index (χ4n) is 3.40. The van der Waals surface area contributed by atoms with Gasteiger partial charge >= 0.3 is 0 Å². The van der Waals surface area contributed by atoms with Crippen molar-refractivity contribution in [2.75, 3.05) is 20.2 Å². The molecule has 1 saturated heterocycles. The Morgan fingerprint density at radius 1 is 1.08 bits per heavy atom. The molecular weight excluding hydrogens is 298 g/mol. The summed E-state index contributed by atoms with van der Waals surface area (Å²) in [7, 11) is 1.69. The van der Waals surface area contributed by atoms with E-state index in [1.807, 2.05) is 42.5 Å². The number of carbonyl (C=O) groups excluding carboxylic acids is 1. The monoisotopic (exact) mass is 323 g/mol. The molecule has 0 aromatic heterocycles. The Balaban J connectivity index is 1.68. The molecule has 0 saturated carbocycles. The molecule has 1 heterocycles. The first-order valence-electron chi connectivity index (χ1n) is 8.72. The number of methoxy groups -OCH3 is 1. The van der Waals surface area contributed by atoms with Crippen LogP contribution in [0.3, 0.4) is 0 Å². The number of amides is 1. The number of ether oxygens (including phenoxy) is 1. The van der Waals surface area contributed by atoms with Gasteiger partial charge in [-0.3, -0.25) is 4.79 Å². The van der Waals surface area contributed by atoms with Gasteiger partial charge in [0.1, 0.15) is 5.75 Å². The molecule has 2 aromatic carbocycles. The second kappa shape index (κ2) is 8.00. The van der Waals surface area contributed by atoms with Gasteiger partial charge in [-0.2, -0.15) is 0 Å². The molecule has 3 rings (SSSR count). The second-order valence-corrected chi connectivity index (χ2v) is 6.47. The molecule has 2 aromatic rings. The van der Waals surface area contributed by atoms with E-state index in [0.29, 0.717) is 12.3 Å². The Morgan fingerprint density at radius 3 is 2.54 bits per heavy atom. The average molecular weight is 323 g/mol. The molecule has 3 heteroatoms. The van der Waals surface area contributed by atoms with Crippen molar-refractivity contribution in [2.45, 2.75) is 31.6 Å². The summed E-state index contributed by atoms with van der Waals surface area (Å²) in [6, 6.07) is 18.3. The highest BCUT2D eigenvalue weighted by atomic mass is 16.5. The van der Waals surface area contributed by atoms with Crippen LogP contribution in [0.1, 0.15) is 36.3 Å². The largest absolute Gasteiger partial charge is 0.497 e. The molecule has 0 N–H and O–H groups in total. The normalized spacial score (nSPS) is 18.0. The number of hydrogen-bond donors (Lipinski definition) is 0. The SMILES string of the molecule is COc1ccc(C2CCCCN(C(=O)Cc3ccccc3)C2)cc1. The number of likely N-dealkylation sites (tertiary alicyclic amines) is 1. The van der Waals surface area contributed by atoms with Gasteiger partial charge in [0.2, 0.25) is 5.91 Å². The molecular formula is C21H25NO2. The molecule has 1 aliphatic heterocycles. The van der Waals surface area contributed by atoms with Crippen LogP contribution in [0, 0.1) is 0 Å². The van der Waals surface area contributed by atoms with Crippen molar-refractivity contribution in [2.24, 2.45) is 0 Å². The van der Waals surface area contributed by atoms with Crippen LogP contribution in [0.25, 0.3) is 0 Å². The van der Waals surface area contributed by atoms with E-state index in [0.717, 1.165) is 37.2 Å². The maximum atomic E-state index is 12.7. The third-order valence-electron chi connectivity index (χ3n) is 4.81. The van der Waals surface area contributed by atoms with E-state index in [1.165, 1.54) is 12.0 Å². The quantitative estimate of drug-likeness (QED) is 0.850. The summed E-state index contributed by atoms with van der Waals surface area (Å²) in [5.41, 5.74) is 2.39. The lowest BCUT2D eigenvalue weighted by Gasteiger charge is -2.25.